The number of anilines is 1. The first-order valence-electron chi connectivity index (χ1n) is 14.8. The van der Waals surface area contributed by atoms with Gasteiger partial charge in [0, 0.05) is 23.5 Å². The van der Waals surface area contributed by atoms with Crippen LogP contribution in [0.5, 0.6) is 5.75 Å². The molecule has 6 atom stereocenters. The number of hydrogen-bond acceptors (Lipinski definition) is 6. The molecule has 0 radical (unpaired) electrons. The number of fused-ring (bicyclic) bond motifs is 3. The molecule has 8 nitrogen and oxygen atoms in total. The molecule has 42 heavy (non-hydrogen) atoms. The Morgan fingerprint density at radius 1 is 1.24 bits per heavy atom. The van der Waals surface area contributed by atoms with E-state index in [0.29, 0.717) is 31.9 Å². The molecular formula is C32H41ClN2O6S. The van der Waals surface area contributed by atoms with Gasteiger partial charge in [-0.15, -0.1) is 0 Å². The molecular weight excluding hydrogens is 576 g/mol. The number of rotatable bonds is 9. The summed E-state index contributed by atoms with van der Waals surface area (Å²) in [7, 11) is -3.61. The number of halogens is 1. The molecule has 2 aliphatic carbocycles. The summed E-state index contributed by atoms with van der Waals surface area (Å²) in [5, 5.41) is 26.2. The molecule has 228 valence electrons. The number of sulfonamides is 1. The molecule has 0 aromatic heterocycles. The Morgan fingerprint density at radius 3 is 2.71 bits per heavy atom. The van der Waals surface area contributed by atoms with Crippen LogP contribution < -0.4 is 14.8 Å². The van der Waals surface area contributed by atoms with Crippen molar-refractivity contribution in [2.45, 2.75) is 69.1 Å². The summed E-state index contributed by atoms with van der Waals surface area (Å²) in [4.78, 5) is 14.2. The molecule has 0 bridgehead atoms. The summed E-state index contributed by atoms with van der Waals surface area (Å²) in [6.45, 7) is 5.28. The second-order valence-corrected chi connectivity index (χ2v) is 14.9. The first kappa shape index (κ1) is 30.9. The van der Waals surface area contributed by atoms with E-state index in [2.05, 4.69) is 17.0 Å². The van der Waals surface area contributed by atoms with Gasteiger partial charge < -0.3 is 19.8 Å². The van der Waals surface area contributed by atoms with E-state index in [9.17, 15) is 23.4 Å². The summed E-state index contributed by atoms with van der Waals surface area (Å²) in [6, 6.07) is 11.2. The van der Waals surface area contributed by atoms with Crippen LogP contribution in [0.25, 0.3) is 0 Å². The number of carboxylic acid groups (broad SMARTS) is 1. The predicted octanol–water partition coefficient (Wildman–Crippen LogP) is 5.16. The monoisotopic (exact) mass is 616 g/mol. The lowest BCUT2D eigenvalue weighted by molar-refractivity contribution is 0.0456. The van der Waals surface area contributed by atoms with E-state index in [1.54, 1.807) is 31.2 Å². The average molecular weight is 617 g/mol. The number of carboxylic acids is 1. The van der Waals surface area contributed by atoms with Crippen molar-refractivity contribution < 1.29 is 28.2 Å². The molecule has 1 aliphatic heterocycles. The van der Waals surface area contributed by atoms with Gasteiger partial charge in [0.25, 0.3) is 0 Å². The quantitative estimate of drug-likeness (QED) is 0.332. The topological polar surface area (TPSA) is 130 Å². The molecule has 0 amide bonds. The van der Waals surface area contributed by atoms with E-state index in [1.165, 1.54) is 11.1 Å². The number of aliphatic hydroxyl groups excluding tert-OH is 1. The van der Waals surface area contributed by atoms with Crippen molar-refractivity contribution in [3.05, 3.63) is 70.3 Å². The van der Waals surface area contributed by atoms with Gasteiger partial charge in [-0.05, 0) is 105 Å². The van der Waals surface area contributed by atoms with Crippen LogP contribution in [0.15, 0.2) is 48.6 Å². The Labute approximate surface area is 253 Å². The SMILES string of the molecule is C[C@H](C/C=C/[C@H](O)[C@@H]1CC[C@H]1CN1C[C@@]2(CCCc3cc(Cl)ccc32)COc2ccc(C(=O)O)cc21)[C@H](C)S(N)(=O)=O. The van der Waals surface area contributed by atoms with Crippen LogP contribution >= 0.6 is 11.6 Å². The smallest absolute Gasteiger partial charge is 0.335 e. The highest BCUT2D eigenvalue weighted by Gasteiger charge is 2.44. The highest BCUT2D eigenvalue weighted by molar-refractivity contribution is 7.89. The van der Waals surface area contributed by atoms with Crippen molar-refractivity contribution in [1.29, 1.82) is 0 Å². The first-order valence-corrected chi connectivity index (χ1v) is 16.8. The second kappa shape index (κ2) is 12.2. The maximum Gasteiger partial charge on any atom is 0.335 e. The molecule has 1 saturated carbocycles. The van der Waals surface area contributed by atoms with Crippen molar-refractivity contribution in [2.24, 2.45) is 22.9 Å². The zero-order chi connectivity index (χ0) is 30.2. The summed E-state index contributed by atoms with van der Waals surface area (Å²) in [5.74, 6) is -0.220. The zero-order valence-electron chi connectivity index (χ0n) is 24.2. The third-order valence-electron chi connectivity index (χ3n) is 9.81. The van der Waals surface area contributed by atoms with Crippen LogP contribution in [0.4, 0.5) is 5.69 Å². The van der Waals surface area contributed by atoms with Gasteiger partial charge in [0.05, 0.1) is 29.2 Å². The molecule has 10 heteroatoms. The lowest BCUT2D eigenvalue weighted by Crippen LogP contribution is -2.49. The summed E-state index contributed by atoms with van der Waals surface area (Å²) < 4.78 is 29.8. The number of primary sulfonamides is 1. The minimum absolute atomic E-state index is 0.0518. The Kier molecular flexibility index (Phi) is 8.95. The van der Waals surface area contributed by atoms with Crippen LogP contribution in [-0.4, -0.2) is 55.7 Å². The molecule has 0 unspecified atom stereocenters. The normalized spacial score (nSPS) is 26.0. The van der Waals surface area contributed by atoms with E-state index in [4.69, 9.17) is 21.5 Å². The van der Waals surface area contributed by atoms with Gasteiger partial charge in [0.2, 0.25) is 10.0 Å². The Balaban J connectivity index is 1.38. The lowest BCUT2D eigenvalue weighted by atomic mass is 9.68. The van der Waals surface area contributed by atoms with Gasteiger partial charge in [-0.3, -0.25) is 0 Å². The number of aryl methyl sites for hydroxylation is 1. The van der Waals surface area contributed by atoms with E-state index in [1.807, 2.05) is 19.1 Å². The molecule has 0 saturated heterocycles. The molecule has 2 aromatic rings. The number of ether oxygens (including phenoxy) is 1. The van der Waals surface area contributed by atoms with Crippen LogP contribution in [0, 0.1) is 17.8 Å². The van der Waals surface area contributed by atoms with Crippen molar-refractivity contribution in [3.63, 3.8) is 0 Å². The predicted molar refractivity (Wildman–Crippen MR) is 165 cm³/mol. The third kappa shape index (κ3) is 6.34. The van der Waals surface area contributed by atoms with Crippen molar-refractivity contribution in [3.8, 4) is 5.75 Å². The number of carbonyl (C=O) groups is 1. The number of allylic oxidation sites excluding steroid dienone is 1. The Bertz CT molecular complexity index is 1460. The van der Waals surface area contributed by atoms with E-state index < -0.39 is 27.3 Å². The Hall–Kier alpha value is -2.59. The molecule has 5 rings (SSSR count). The summed E-state index contributed by atoms with van der Waals surface area (Å²) >= 11 is 6.36. The molecule has 1 fully saturated rings. The van der Waals surface area contributed by atoms with Crippen LogP contribution in [0.2, 0.25) is 5.02 Å². The number of aliphatic hydroxyl groups is 1. The molecule has 3 aliphatic rings. The van der Waals surface area contributed by atoms with Crippen LogP contribution in [0.1, 0.15) is 67.4 Å². The van der Waals surface area contributed by atoms with Crippen LogP contribution in [0.3, 0.4) is 0 Å². The van der Waals surface area contributed by atoms with E-state index in [-0.39, 0.29) is 28.7 Å². The maximum atomic E-state index is 11.9. The number of aromatic carboxylic acids is 1. The summed E-state index contributed by atoms with van der Waals surface area (Å²) in [5.41, 5.74) is 3.20. The molecule has 2 aromatic carbocycles. The highest BCUT2D eigenvalue weighted by atomic mass is 35.5. The summed E-state index contributed by atoms with van der Waals surface area (Å²) in [6.07, 6.45) is 8.27. The van der Waals surface area contributed by atoms with Gasteiger partial charge in [0.1, 0.15) is 5.75 Å². The molecule has 1 heterocycles. The highest BCUT2D eigenvalue weighted by Crippen LogP contribution is 2.46. The van der Waals surface area contributed by atoms with Crippen molar-refractivity contribution in [2.75, 3.05) is 24.6 Å². The Morgan fingerprint density at radius 2 is 2.02 bits per heavy atom. The van der Waals surface area contributed by atoms with Gasteiger partial charge in [-0.25, -0.2) is 18.4 Å². The average Bonchev–Trinajstić information content (AvgIpc) is 3.07. The standard InChI is InChI=1S/C32H41ClN2O6S/c1-20(21(2)42(34,39)40)5-3-7-29(36)26-11-8-24(26)17-35-18-32(14-4-6-22-15-25(33)10-12-27(22)32)19-41-30-13-9-23(31(37)38)16-28(30)35/h3,7,9-10,12-13,15-16,20-21,24,26,29,36H,4-6,8,11,14,17-19H2,1-2H3,(H,37,38)(H2,34,39,40)/b7-3+/t20-,21+,24+,26-,29+,32+/m1/s1. The third-order valence-corrected chi connectivity index (χ3v) is 11.6. The van der Waals surface area contributed by atoms with E-state index in [0.717, 1.165) is 42.8 Å². The van der Waals surface area contributed by atoms with Crippen molar-refractivity contribution >= 4 is 33.3 Å². The maximum absolute atomic E-state index is 11.9. The minimum Gasteiger partial charge on any atom is -0.490 e. The van der Waals surface area contributed by atoms with Crippen LogP contribution in [-0.2, 0) is 21.9 Å². The lowest BCUT2D eigenvalue weighted by Gasteiger charge is -2.45. The van der Waals surface area contributed by atoms with E-state index >= 15 is 0 Å². The zero-order valence-corrected chi connectivity index (χ0v) is 25.8. The fraction of sp³-hybridized carbons (Fsp3) is 0.531. The number of benzene rings is 2. The van der Waals surface area contributed by atoms with Gasteiger partial charge in [0.15, 0.2) is 0 Å². The number of nitrogens with two attached hydrogens (primary N) is 1. The van der Waals surface area contributed by atoms with Gasteiger partial charge in [-0.2, -0.15) is 0 Å². The van der Waals surface area contributed by atoms with Gasteiger partial charge >= 0.3 is 5.97 Å². The fourth-order valence-electron chi connectivity index (χ4n) is 6.89. The fourth-order valence-corrected chi connectivity index (χ4v) is 7.85. The number of nitrogens with zero attached hydrogens (tertiary/aromatic N) is 1. The number of hydrogen-bond donors (Lipinski definition) is 3. The second-order valence-electron chi connectivity index (χ2n) is 12.5. The molecule has 1 spiro atoms. The van der Waals surface area contributed by atoms with Gasteiger partial charge in [-0.1, -0.05) is 36.7 Å². The first-order chi connectivity index (χ1) is 19.9. The largest absolute Gasteiger partial charge is 0.490 e. The minimum atomic E-state index is -3.61. The molecule has 4 N–H and O–H groups in total. The van der Waals surface area contributed by atoms with Crippen molar-refractivity contribution in [1.82, 2.24) is 0 Å².